The minimum absolute atomic E-state index is 0.0554. The van der Waals surface area contributed by atoms with Gasteiger partial charge in [-0.3, -0.25) is 19.2 Å². The summed E-state index contributed by atoms with van der Waals surface area (Å²) in [7, 11) is 0. The van der Waals surface area contributed by atoms with Crippen molar-refractivity contribution in [2.75, 3.05) is 6.54 Å². The Labute approximate surface area is 366 Å². The second-order valence-corrected chi connectivity index (χ2v) is 14.1. The Kier molecular flexibility index (Phi) is 17.4. The van der Waals surface area contributed by atoms with E-state index in [2.05, 4.69) is 20.7 Å². The summed E-state index contributed by atoms with van der Waals surface area (Å²) in [6.45, 7) is 1.27. The van der Waals surface area contributed by atoms with Gasteiger partial charge in [0.25, 0.3) is 19.4 Å². The van der Waals surface area contributed by atoms with Crippen LogP contribution in [-0.2, 0) is 63.8 Å². The summed E-state index contributed by atoms with van der Waals surface area (Å²) < 4.78 is 17.1. The SMILES string of the molecule is O=C/C=C1\C=C(C(=O)O)NC(OC=O)C1.O=CO[C@@H]1C/C(=C/C=[N+]2CCC[C@H]2C(=O)[O-])C=C(C(=O)O)N1.O=CO[C@@H]1C/C(=C/C=[N+]2c3cc(O)c(O)cc3C[C@H]2C(=O)[O-])C=C(C(=O)O)N1. The highest BCUT2D eigenvalue weighted by molar-refractivity contribution is 5.89. The lowest BCUT2D eigenvalue weighted by atomic mass is 10.1. The highest BCUT2D eigenvalue weighted by Crippen LogP contribution is 2.38. The lowest BCUT2D eigenvalue weighted by molar-refractivity contribution is -0.538. The summed E-state index contributed by atoms with van der Waals surface area (Å²) in [6, 6.07) is 0.785. The molecule has 24 heteroatoms. The lowest BCUT2D eigenvalue weighted by Crippen LogP contribution is -2.40. The third-order valence-corrected chi connectivity index (χ3v) is 9.81. The van der Waals surface area contributed by atoms with Crippen molar-refractivity contribution in [2.45, 2.75) is 69.3 Å². The highest BCUT2D eigenvalue weighted by atomic mass is 16.5. The average molecular weight is 908 g/mol. The number of aldehydes is 1. The number of hydrogen-bond acceptors (Lipinski definition) is 19. The molecule has 1 aromatic rings. The van der Waals surface area contributed by atoms with Crippen LogP contribution in [0.15, 0.2) is 82.4 Å². The van der Waals surface area contributed by atoms with Crippen molar-refractivity contribution in [3.8, 4) is 11.5 Å². The molecule has 5 atom stereocenters. The highest BCUT2D eigenvalue weighted by Gasteiger charge is 2.37. The van der Waals surface area contributed by atoms with E-state index in [4.69, 9.17) is 24.8 Å². The molecule has 0 radical (unpaired) electrons. The molecule has 5 heterocycles. The number of carboxylic acid groups (broad SMARTS) is 5. The van der Waals surface area contributed by atoms with Gasteiger partial charge in [-0.25, -0.2) is 19.0 Å². The Balaban J connectivity index is 0.000000224. The number of carbonyl (C=O) groups is 9. The van der Waals surface area contributed by atoms with Gasteiger partial charge < -0.3 is 75.5 Å². The van der Waals surface area contributed by atoms with E-state index in [-0.39, 0.29) is 67.9 Å². The molecule has 1 aromatic carbocycles. The lowest BCUT2D eigenvalue weighted by Gasteiger charge is -2.23. The number of carboxylic acids is 5. The van der Waals surface area contributed by atoms with Crippen LogP contribution in [0.4, 0.5) is 5.69 Å². The molecule has 0 aliphatic carbocycles. The first-order valence-corrected chi connectivity index (χ1v) is 19.1. The fraction of sp³-hybridized carbons (Fsp3) is 0.293. The molecule has 1 saturated heterocycles. The number of benzene rings is 1. The van der Waals surface area contributed by atoms with Crippen molar-refractivity contribution in [3.05, 3.63) is 88.0 Å². The van der Waals surface area contributed by atoms with Gasteiger partial charge in [0.2, 0.25) is 11.7 Å². The first-order valence-electron chi connectivity index (χ1n) is 19.1. The van der Waals surface area contributed by atoms with Gasteiger partial charge in [0.05, 0.1) is 6.07 Å². The van der Waals surface area contributed by atoms with Gasteiger partial charge in [0, 0.05) is 56.2 Å². The summed E-state index contributed by atoms with van der Waals surface area (Å²) in [4.78, 5) is 96.7. The molecule has 0 saturated carbocycles. The molecule has 1 fully saturated rings. The molecule has 24 nitrogen and oxygen atoms in total. The van der Waals surface area contributed by atoms with Crippen molar-refractivity contribution in [2.24, 2.45) is 0 Å². The third-order valence-electron chi connectivity index (χ3n) is 9.81. The Morgan fingerprint density at radius 1 is 0.615 bits per heavy atom. The van der Waals surface area contributed by atoms with Crippen LogP contribution in [0.1, 0.15) is 37.7 Å². The van der Waals surface area contributed by atoms with E-state index in [1.165, 1.54) is 53.3 Å². The molecular formula is C41H41N5O19. The molecule has 0 bridgehead atoms. The monoisotopic (exact) mass is 907 g/mol. The molecule has 0 amide bonds. The van der Waals surface area contributed by atoms with E-state index in [9.17, 15) is 63.6 Å². The standard InChI is InChI=1S/C18H16N2O8.C14H16N2O6.C9H9NO5/c21-8-28-16-4-9(3-11(19-16)17(24)25)1-2-20-12-7-15(23)14(22)6-10(12)5-13(20)18(26)27;17-8-22-12-7-9(6-10(15-12)13(18)19)3-5-16-4-1-2-11(16)14(20)21;11-2-1-6-3-7(9(13)14)10-8(4-6)15-5-12/h1-3,6-8,13,16H,4-5H2,(H4,22,23,24,25,26,27);3,5-6,8,11-12H,1-2,4,7H2,(H2,18,19,20,21);1-3,5,8,10H,4H2,(H,13,14)/b;;6-1+/t13-,16+;11-,12+;/m00./s1. The Hall–Kier alpha value is -8.57. The summed E-state index contributed by atoms with van der Waals surface area (Å²) >= 11 is 0. The molecule has 6 rings (SSSR count). The van der Waals surface area contributed by atoms with Gasteiger partial charge in [-0.05, 0) is 47.1 Å². The number of rotatable bonds is 14. The first kappa shape index (κ1) is 49.1. The van der Waals surface area contributed by atoms with Crippen LogP contribution in [0.25, 0.3) is 0 Å². The second-order valence-electron chi connectivity index (χ2n) is 14.1. The number of carbonyl (C=O) groups excluding carboxylic acids is 6. The van der Waals surface area contributed by atoms with E-state index in [1.54, 1.807) is 16.9 Å². The summed E-state index contributed by atoms with van der Waals surface area (Å²) in [5, 5.41) is 76.4. The average Bonchev–Trinajstić information content (AvgIpc) is 3.88. The molecule has 0 aromatic heterocycles. The Bertz CT molecular complexity index is 2360. The van der Waals surface area contributed by atoms with Gasteiger partial charge in [-0.1, -0.05) is 0 Å². The number of ether oxygens (including phenoxy) is 3. The quantitative estimate of drug-likeness (QED) is 0.0300. The number of allylic oxidation sites excluding steroid dienone is 6. The van der Waals surface area contributed by atoms with Crippen LogP contribution >= 0.6 is 0 Å². The molecule has 5 aliphatic heterocycles. The number of phenols is 2. The molecule has 344 valence electrons. The number of nitrogens with one attached hydrogen (secondary N) is 3. The fourth-order valence-corrected chi connectivity index (χ4v) is 6.88. The number of nitrogens with zero attached hydrogens (tertiary/aromatic N) is 2. The number of phenolic OH excluding ortho intramolecular Hbond substituents is 2. The van der Waals surface area contributed by atoms with Gasteiger partial charge in [-0.2, -0.15) is 4.58 Å². The molecule has 0 spiro atoms. The van der Waals surface area contributed by atoms with Crippen LogP contribution < -0.4 is 26.2 Å². The van der Waals surface area contributed by atoms with Crippen molar-refractivity contribution < 1.29 is 102 Å². The van der Waals surface area contributed by atoms with E-state index >= 15 is 0 Å². The van der Waals surface area contributed by atoms with Crippen LogP contribution in [0.2, 0.25) is 0 Å². The zero-order valence-electron chi connectivity index (χ0n) is 33.8. The molecule has 8 N–H and O–H groups in total. The molecule has 1 unspecified atom stereocenters. The molecular weight excluding hydrogens is 866 g/mol. The van der Waals surface area contributed by atoms with Crippen LogP contribution in [0.3, 0.4) is 0 Å². The number of hydrogen-bond donors (Lipinski definition) is 8. The predicted molar refractivity (Wildman–Crippen MR) is 211 cm³/mol. The van der Waals surface area contributed by atoms with Crippen molar-refractivity contribution in [1.29, 1.82) is 0 Å². The number of aliphatic carboxylic acids is 5. The van der Waals surface area contributed by atoms with Crippen LogP contribution in [0, 0.1) is 0 Å². The van der Waals surface area contributed by atoms with Crippen molar-refractivity contribution in [1.82, 2.24) is 16.0 Å². The van der Waals surface area contributed by atoms with Crippen LogP contribution in [-0.4, -0.2) is 140 Å². The predicted octanol–water partition coefficient (Wildman–Crippen LogP) is -3.18. The number of aromatic hydroxyl groups is 2. The smallest absolute Gasteiger partial charge is 0.352 e. The summed E-state index contributed by atoms with van der Waals surface area (Å²) in [5.74, 6) is -6.83. The number of fused-ring (bicyclic) bond motifs is 1. The normalized spacial score (nSPS) is 24.9. The summed E-state index contributed by atoms with van der Waals surface area (Å²) in [6.07, 6.45) is 11.7. The van der Waals surface area contributed by atoms with Crippen molar-refractivity contribution in [3.63, 3.8) is 0 Å². The van der Waals surface area contributed by atoms with Gasteiger partial charge in [0.1, 0.15) is 41.9 Å². The van der Waals surface area contributed by atoms with E-state index in [1.807, 2.05) is 0 Å². The zero-order valence-corrected chi connectivity index (χ0v) is 33.8. The van der Waals surface area contributed by atoms with Crippen LogP contribution in [0.5, 0.6) is 11.5 Å². The maximum Gasteiger partial charge on any atom is 0.352 e. The maximum absolute atomic E-state index is 11.5. The minimum Gasteiger partial charge on any atom is -0.543 e. The van der Waals surface area contributed by atoms with E-state index in [0.717, 1.165) is 6.42 Å². The Morgan fingerprint density at radius 3 is 1.46 bits per heavy atom. The minimum atomic E-state index is -1.35. The zero-order chi connectivity index (χ0) is 47.8. The van der Waals surface area contributed by atoms with Crippen molar-refractivity contribution >= 4 is 73.7 Å². The molecule has 5 aliphatic rings. The van der Waals surface area contributed by atoms with Gasteiger partial charge >= 0.3 is 17.9 Å². The third kappa shape index (κ3) is 13.7. The van der Waals surface area contributed by atoms with Gasteiger partial charge in [0.15, 0.2) is 48.7 Å². The van der Waals surface area contributed by atoms with E-state index < -0.39 is 66.4 Å². The topological polar surface area (TPSA) is 371 Å². The maximum atomic E-state index is 11.5. The molecule has 65 heavy (non-hydrogen) atoms. The largest absolute Gasteiger partial charge is 0.543 e. The summed E-state index contributed by atoms with van der Waals surface area (Å²) in [5.41, 5.74) is 2.08. The first-order chi connectivity index (χ1) is 31.0. The van der Waals surface area contributed by atoms with Gasteiger partial charge in [-0.15, -0.1) is 0 Å². The second kappa shape index (κ2) is 23.0. The van der Waals surface area contributed by atoms with E-state index in [0.29, 0.717) is 47.2 Å². The fourth-order valence-electron chi connectivity index (χ4n) is 6.88. The Morgan fingerprint density at radius 2 is 1.05 bits per heavy atom.